The highest BCUT2D eigenvalue weighted by atomic mass is 16.5. The van der Waals surface area contributed by atoms with Gasteiger partial charge >= 0.3 is 0 Å². The number of ether oxygens (including phenoxy) is 1. The van der Waals surface area contributed by atoms with Gasteiger partial charge in [0.25, 0.3) is 0 Å². The van der Waals surface area contributed by atoms with Gasteiger partial charge in [0.2, 0.25) is 0 Å². The number of rotatable bonds is 2. The van der Waals surface area contributed by atoms with Gasteiger partial charge in [-0.3, -0.25) is 4.90 Å². The van der Waals surface area contributed by atoms with Crippen LogP contribution in [0.2, 0.25) is 0 Å². The summed E-state index contributed by atoms with van der Waals surface area (Å²) in [7, 11) is 0. The number of nitrogens with zero attached hydrogens (tertiary/aromatic N) is 1. The largest absolute Gasteiger partial charge is 0.376 e. The van der Waals surface area contributed by atoms with Crippen LogP contribution in [0.5, 0.6) is 0 Å². The Morgan fingerprint density at radius 2 is 1.70 bits per heavy atom. The number of hydrogen-bond donors (Lipinski definition) is 1. The fraction of sp³-hybridized carbons (Fsp3) is 1.00. The van der Waals surface area contributed by atoms with Gasteiger partial charge in [0.15, 0.2) is 0 Å². The van der Waals surface area contributed by atoms with E-state index in [0.717, 1.165) is 19.7 Å². The molecule has 2 N–H and O–H groups in total. The first kappa shape index (κ1) is 14.8. The van der Waals surface area contributed by atoms with Gasteiger partial charge in [0.1, 0.15) is 0 Å². The van der Waals surface area contributed by atoms with Gasteiger partial charge in [-0.2, -0.15) is 0 Å². The monoisotopic (exact) mass is 280 g/mol. The van der Waals surface area contributed by atoms with E-state index in [-0.39, 0.29) is 5.54 Å². The highest BCUT2D eigenvalue weighted by Gasteiger charge is 2.48. The summed E-state index contributed by atoms with van der Waals surface area (Å²) in [4.78, 5) is 2.70. The Labute approximate surface area is 124 Å². The molecule has 0 aromatic heterocycles. The lowest BCUT2D eigenvalue weighted by Gasteiger charge is -2.54. The first-order valence-electron chi connectivity index (χ1n) is 8.68. The SMILES string of the molecule is CC1CN(C2(CN)CCC3(CCCC3)CC2)C(C)CO1. The van der Waals surface area contributed by atoms with Crippen molar-refractivity contribution >= 4 is 0 Å². The van der Waals surface area contributed by atoms with Crippen LogP contribution >= 0.6 is 0 Å². The Hall–Kier alpha value is -0.120. The van der Waals surface area contributed by atoms with Gasteiger partial charge in [-0.1, -0.05) is 12.8 Å². The van der Waals surface area contributed by atoms with Crippen molar-refractivity contribution in [1.82, 2.24) is 4.90 Å². The summed E-state index contributed by atoms with van der Waals surface area (Å²) in [6, 6.07) is 0.521. The second-order valence-electron chi connectivity index (χ2n) is 7.78. The second kappa shape index (κ2) is 5.58. The average Bonchev–Trinajstić information content (AvgIpc) is 2.92. The molecule has 0 aromatic carbocycles. The van der Waals surface area contributed by atoms with Gasteiger partial charge in [-0.05, 0) is 57.8 Å². The van der Waals surface area contributed by atoms with Crippen LogP contribution in [0, 0.1) is 5.41 Å². The molecular weight excluding hydrogens is 248 g/mol. The molecule has 0 bridgehead atoms. The highest BCUT2D eigenvalue weighted by Crippen LogP contribution is 2.52. The van der Waals surface area contributed by atoms with E-state index in [0.29, 0.717) is 17.6 Å². The summed E-state index contributed by atoms with van der Waals surface area (Å²) in [5.74, 6) is 0. The predicted octanol–water partition coefficient (Wildman–Crippen LogP) is 2.93. The van der Waals surface area contributed by atoms with Crippen LogP contribution in [-0.4, -0.2) is 42.3 Å². The van der Waals surface area contributed by atoms with Gasteiger partial charge in [-0.15, -0.1) is 0 Å². The topological polar surface area (TPSA) is 38.5 Å². The molecule has 2 atom stereocenters. The minimum absolute atomic E-state index is 0.255. The van der Waals surface area contributed by atoms with Crippen LogP contribution in [0.1, 0.15) is 65.2 Å². The van der Waals surface area contributed by atoms with E-state index in [1.807, 2.05) is 0 Å². The van der Waals surface area contributed by atoms with Crippen molar-refractivity contribution in [1.29, 1.82) is 0 Å². The summed E-state index contributed by atoms with van der Waals surface area (Å²) in [6.07, 6.45) is 11.6. The molecule has 0 amide bonds. The zero-order valence-electron chi connectivity index (χ0n) is 13.4. The Bertz CT molecular complexity index is 328. The molecule has 1 saturated heterocycles. The van der Waals surface area contributed by atoms with E-state index >= 15 is 0 Å². The van der Waals surface area contributed by atoms with Crippen molar-refractivity contribution in [3.8, 4) is 0 Å². The van der Waals surface area contributed by atoms with E-state index in [2.05, 4.69) is 18.7 Å². The summed E-state index contributed by atoms with van der Waals surface area (Å²) in [5.41, 5.74) is 7.23. The Balaban J connectivity index is 1.72. The normalized spacial score (nSPS) is 37.4. The van der Waals surface area contributed by atoms with E-state index in [1.54, 1.807) is 0 Å². The van der Waals surface area contributed by atoms with Gasteiger partial charge < -0.3 is 10.5 Å². The number of hydrogen-bond acceptors (Lipinski definition) is 3. The third kappa shape index (κ3) is 2.53. The molecule has 1 aliphatic heterocycles. The summed E-state index contributed by atoms with van der Waals surface area (Å²) >= 11 is 0. The molecule has 3 heteroatoms. The number of morpholine rings is 1. The summed E-state index contributed by atoms with van der Waals surface area (Å²) in [5, 5.41) is 0. The lowest BCUT2D eigenvalue weighted by Crippen LogP contribution is -2.63. The van der Waals surface area contributed by atoms with Crippen LogP contribution in [0.15, 0.2) is 0 Å². The molecule has 2 aliphatic carbocycles. The molecular formula is C17H32N2O. The molecule has 2 unspecified atom stereocenters. The Kier molecular flexibility index (Phi) is 4.13. The molecule has 3 nitrogen and oxygen atoms in total. The lowest BCUT2D eigenvalue weighted by molar-refractivity contribution is -0.109. The first-order chi connectivity index (χ1) is 9.59. The van der Waals surface area contributed by atoms with Gasteiger partial charge in [0.05, 0.1) is 12.7 Å². The molecule has 3 fully saturated rings. The predicted molar refractivity (Wildman–Crippen MR) is 82.7 cm³/mol. The lowest BCUT2D eigenvalue weighted by atomic mass is 9.65. The average molecular weight is 280 g/mol. The standard InChI is InChI=1S/C17H32N2O/c1-14-12-20-15(2)11-19(14)17(13-18)9-7-16(8-10-17)5-3-4-6-16/h14-15H,3-13,18H2,1-2H3. The van der Waals surface area contributed by atoms with Crippen LogP contribution < -0.4 is 5.73 Å². The van der Waals surface area contributed by atoms with Crippen molar-refractivity contribution < 1.29 is 4.74 Å². The highest BCUT2D eigenvalue weighted by molar-refractivity contribution is 5.03. The summed E-state index contributed by atoms with van der Waals surface area (Å²) < 4.78 is 5.81. The quantitative estimate of drug-likeness (QED) is 0.845. The Morgan fingerprint density at radius 3 is 2.30 bits per heavy atom. The van der Waals surface area contributed by atoms with Crippen molar-refractivity contribution in [3.63, 3.8) is 0 Å². The minimum Gasteiger partial charge on any atom is -0.376 e. The Morgan fingerprint density at radius 1 is 1.05 bits per heavy atom. The van der Waals surface area contributed by atoms with Crippen LogP contribution in [0.3, 0.4) is 0 Å². The van der Waals surface area contributed by atoms with Crippen molar-refractivity contribution in [3.05, 3.63) is 0 Å². The molecule has 20 heavy (non-hydrogen) atoms. The summed E-state index contributed by atoms with van der Waals surface area (Å²) in [6.45, 7) is 7.26. The molecule has 1 spiro atoms. The molecule has 3 rings (SSSR count). The fourth-order valence-electron chi connectivity index (χ4n) is 5.04. The molecule has 0 aromatic rings. The maximum atomic E-state index is 6.28. The third-order valence-electron chi connectivity index (χ3n) is 6.50. The van der Waals surface area contributed by atoms with Crippen molar-refractivity contribution in [2.45, 2.75) is 82.9 Å². The third-order valence-corrected chi connectivity index (χ3v) is 6.50. The van der Waals surface area contributed by atoms with E-state index < -0.39 is 0 Å². The van der Waals surface area contributed by atoms with E-state index in [4.69, 9.17) is 10.5 Å². The molecule has 2 saturated carbocycles. The molecule has 1 heterocycles. The van der Waals surface area contributed by atoms with Gasteiger partial charge in [-0.25, -0.2) is 0 Å². The number of nitrogens with two attached hydrogens (primary N) is 1. The zero-order chi connectivity index (χ0) is 14.2. The first-order valence-corrected chi connectivity index (χ1v) is 8.68. The van der Waals surface area contributed by atoms with Gasteiger partial charge in [0, 0.05) is 24.7 Å². The maximum Gasteiger partial charge on any atom is 0.0675 e. The zero-order valence-corrected chi connectivity index (χ0v) is 13.4. The van der Waals surface area contributed by atoms with Crippen LogP contribution in [0.4, 0.5) is 0 Å². The van der Waals surface area contributed by atoms with E-state index in [1.165, 1.54) is 51.4 Å². The molecule has 3 aliphatic rings. The minimum atomic E-state index is 0.255. The van der Waals surface area contributed by atoms with Crippen LogP contribution in [-0.2, 0) is 4.74 Å². The maximum absolute atomic E-state index is 6.28. The van der Waals surface area contributed by atoms with Crippen molar-refractivity contribution in [2.75, 3.05) is 19.7 Å². The molecule has 0 radical (unpaired) electrons. The molecule has 116 valence electrons. The smallest absolute Gasteiger partial charge is 0.0675 e. The van der Waals surface area contributed by atoms with E-state index in [9.17, 15) is 0 Å². The second-order valence-corrected chi connectivity index (χ2v) is 7.78. The van der Waals surface area contributed by atoms with Crippen LogP contribution in [0.25, 0.3) is 0 Å². The fourth-order valence-corrected chi connectivity index (χ4v) is 5.04. The van der Waals surface area contributed by atoms with Crippen molar-refractivity contribution in [2.24, 2.45) is 11.1 Å².